The molecule has 6 heteroatoms. The Morgan fingerprint density at radius 1 is 1.44 bits per heavy atom. The van der Waals surface area contributed by atoms with Gasteiger partial charge < -0.3 is 15.6 Å². The maximum absolute atomic E-state index is 10.5. The fraction of sp³-hybridized carbons (Fsp3) is 0.167. The molecule has 2 rings (SSSR count). The number of benzene rings is 1. The molecule has 0 unspecified atom stereocenters. The second-order valence-electron chi connectivity index (χ2n) is 3.73. The van der Waals surface area contributed by atoms with Crippen molar-refractivity contribution in [3.63, 3.8) is 0 Å². The largest absolute Gasteiger partial charge is 0.479 e. The van der Waals surface area contributed by atoms with Crippen molar-refractivity contribution >= 4 is 11.7 Å². The molecule has 0 amide bonds. The first-order valence-corrected chi connectivity index (χ1v) is 5.34. The summed E-state index contributed by atoms with van der Waals surface area (Å²) < 4.78 is 6.67. The summed E-state index contributed by atoms with van der Waals surface area (Å²) in [5.74, 6) is -0.811. The van der Waals surface area contributed by atoms with Crippen LogP contribution in [0.1, 0.15) is 5.69 Å². The Labute approximate surface area is 104 Å². The van der Waals surface area contributed by atoms with Crippen LogP contribution >= 0.6 is 0 Å². The van der Waals surface area contributed by atoms with Crippen molar-refractivity contribution < 1.29 is 14.6 Å². The number of aromatic nitrogens is 2. The Bertz CT molecular complexity index is 563. The summed E-state index contributed by atoms with van der Waals surface area (Å²) in [7, 11) is 0. The highest BCUT2D eigenvalue weighted by Crippen LogP contribution is 2.27. The number of carbonyl (C=O) groups is 1. The van der Waals surface area contributed by atoms with Gasteiger partial charge >= 0.3 is 5.97 Å². The van der Waals surface area contributed by atoms with Crippen molar-refractivity contribution in [2.75, 3.05) is 12.3 Å². The Morgan fingerprint density at radius 2 is 2.11 bits per heavy atom. The van der Waals surface area contributed by atoms with Crippen LogP contribution in [-0.4, -0.2) is 27.5 Å². The van der Waals surface area contributed by atoms with Crippen LogP contribution in [0.15, 0.2) is 30.3 Å². The number of carboxylic acids is 1. The minimum atomic E-state index is -1.06. The van der Waals surface area contributed by atoms with Crippen LogP contribution in [-0.2, 0) is 4.79 Å². The van der Waals surface area contributed by atoms with Gasteiger partial charge in [-0.1, -0.05) is 18.2 Å². The van der Waals surface area contributed by atoms with Gasteiger partial charge in [0.1, 0.15) is 5.69 Å². The molecule has 0 saturated heterocycles. The van der Waals surface area contributed by atoms with Crippen molar-refractivity contribution in [3.8, 4) is 11.6 Å². The van der Waals surface area contributed by atoms with E-state index in [0.29, 0.717) is 11.4 Å². The molecule has 1 aromatic carbocycles. The summed E-state index contributed by atoms with van der Waals surface area (Å²) >= 11 is 0. The van der Waals surface area contributed by atoms with E-state index in [2.05, 4.69) is 5.10 Å². The van der Waals surface area contributed by atoms with Crippen molar-refractivity contribution in [1.29, 1.82) is 0 Å². The molecule has 0 aliphatic rings. The van der Waals surface area contributed by atoms with Crippen LogP contribution in [0.25, 0.3) is 5.69 Å². The summed E-state index contributed by atoms with van der Waals surface area (Å²) in [6.45, 7) is 1.28. The van der Waals surface area contributed by atoms with Crippen LogP contribution in [0.5, 0.6) is 5.88 Å². The second-order valence-corrected chi connectivity index (χ2v) is 3.73. The summed E-state index contributed by atoms with van der Waals surface area (Å²) in [5, 5.41) is 12.9. The molecule has 2 aromatic rings. The van der Waals surface area contributed by atoms with Gasteiger partial charge in [-0.2, -0.15) is 9.78 Å². The van der Waals surface area contributed by atoms with Gasteiger partial charge in [0.05, 0.1) is 11.4 Å². The summed E-state index contributed by atoms with van der Waals surface area (Å²) in [6, 6.07) is 9.24. The molecule has 0 fully saturated rings. The van der Waals surface area contributed by atoms with E-state index in [0.717, 1.165) is 5.69 Å². The quantitative estimate of drug-likeness (QED) is 0.847. The lowest BCUT2D eigenvalue weighted by atomic mass is 10.3. The first kappa shape index (κ1) is 12.0. The molecule has 0 saturated carbocycles. The molecule has 0 spiro atoms. The highest BCUT2D eigenvalue weighted by atomic mass is 16.5. The zero-order valence-corrected chi connectivity index (χ0v) is 9.83. The number of rotatable bonds is 4. The Kier molecular flexibility index (Phi) is 3.18. The number of nitrogens with zero attached hydrogens (tertiary/aromatic N) is 2. The summed E-state index contributed by atoms with van der Waals surface area (Å²) in [5.41, 5.74) is 7.53. The lowest BCUT2D eigenvalue weighted by Gasteiger charge is -2.08. The maximum atomic E-state index is 10.5. The van der Waals surface area contributed by atoms with Gasteiger partial charge in [-0.05, 0) is 19.1 Å². The third-order valence-electron chi connectivity index (χ3n) is 2.40. The first-order valence-electron chi connectivity index (χ1n) is 5.34. The van der Waals surface area contributed by atoms with E-state index < -0.39 is 12.6 Å². The molecule has 94 valence electrons. The minimum Gasteiger partial charge on any atom is -0.479 e. The van der Waals surface area contributed by atoms with Gasteiger partial charge in [0, 0.05) is 0 Å². The molecule has 0 radical (unpaired) electrons. The molecule has 0 aliphatic heterocycles. The Morgan fingerprint density at radius 3 is 2.72 bits per heavy atom. The zero-order valence-electron chi connectivity index (χ0n) is 9.83. The van der Waals surface area contributed by atoms with Gasteiger partial charge in [0.25, 0.3) is 0 Å². The maximum Gasteiger partial charge on any atom is 0.341 e. The average Bonchev–Trinajstić information content (AvgIpc) is 2.64. The third-order valence-corrected chi connectivity index (χ3v) is 2.40. The van der Waals surface area contributed by atoms with E-state index >= 15 is 0 Å². The van der Waals surface area contributed by atoms with E-state index in [1.807, 2.05) is 30.3 Å². The van der Waals surface area contributed by atoms with Crippen LogP contribution in [0, 0.1) is 6.92 Å². The van der Waals surface area contributed by atoms with E-state index in [-0.39, 0.29) is 5.88 Å². The van der Waals surface area contributed by atoms with Crippen molar-refractivity contribution in [2.24, 2.45) is 0 Å². The number of nitrogens with two attached hydrogens (primary N) is 1. The molecular formula is C12H13N3O3. The second kappa shape index (κ2) is 4.79. The lowest BCUT2D eigenvalue weighted by Crippen LogP contribution is -2.13. The normalized spacial score (nSPS) is 10.3. The average molecular weight is 247 g/mol. The highest BCUT2D eigenvalue weighted by molar-refractivity contribution is 5.69. The van der Waals surface area contributed by atoms with Gasteiger partial charge in [0.15, 0.2) is 6.61 Å². The van der Waals surface area contributed by atoms with Crippen LogP contribution in [0.4, 0.5) is 5.69 Å². The molecule has 0 aliphatic carbocycles. The number of anilines is 1. The van der Waals surface area contributed by atoms with Crippen molar-refractivity contribution in [3.05, 3.63) is 36.0 Å². The molecule has 1 heterocycles. The molecule has 18 heavy (non-hydrogen) atoms. The molecule has 6 nitrogen and oxygen atoms in total. The molecule has 3 N–H and O–H groups in total. The SMILES string of the molecule is Cc1nn(-c2ccccc2)c(OCC(=O)O)c1N. The van der Waals surface area contributed by atoms with Crippen molar-refractivity contribution in [1.82, 2.24) is 9.78 Å². The topological polar surface area (TPSA) is 90.4 Å². The molecule has 0 bridgehead atoms. The third kappa shape index (κ3) is 2.27. The monoisotopic (exact) mass is 247 g/mol. The van der Waals surface area contributed by atoms with Gasteiger partial charge in [-0.25, -0.2) is 4.79 Å². The van der Waals surface area contributed by atoms with Gasteiger partial charge in [0.2, 0.25) is 5.88 Å². The number of carboxylic acid groups (broad SMARTS) is 1. The molecule has 1 aromatic heterocycles. The van der Waals surface area contributed by atoms with E-state index in [9.17, 15) is 4.79 Å². The number of para-hydroxylation sites is 1. The number of ether oxygens (including phenoxy) is 1. The highest BCUT2D eigenvalue weighted by Gasteiger charge is 2.16. The predicted octanol–water partition coefficient (Wildman–Crippen LogP) is 1.23. The predicted molar refractivity (Wildman–Crippen MR) is 65.8 cm³/mol. The number of hydrogen-bond acceptors (Lipinski definition) is 4. The smallest absolute Gasteiger partial charge is 0.341 e. The number of hydrogen-bond donors (Lipinski definition) is 2. The fourth-order valence-corrected chi connectivity index (χ4v) is 1.53. The molecular weight excluding hydrogens is 234 g/mol. The van der Waals surface area contributed by atoms with Crippen LogP contribution in [0.3, 0.4) is 0 Å². The Hall–Kier alpha value is -2.50. The van der Waals surface area contributed by atoms with Crippen LogP contribution < -0.4 is 10.5 Å². The zero-order chi connectivity index (χ0) is 13.1. The van der Waals surface area contributed by atoms with E-state index in [1.54, 1.807) is 6.92 Å². The van der Waals surface area contributed by atoms with E-state index in [1.165, 1.54) is 4.68 Å². The van der Waals surface area contributed by atoms with Crippen molar-refractivity contribution in [2.45, 2.75) is 6.92 Å². The lowest BCUT2D eigenvalue weighted by molar-refractivity contribution is -0.139. The van der Waals surface area contributed by atoms with Gasteiger partial charge in [-0.15, -0.1) is 0 Å². The fourth-order valence-electron chi connectivity index (χ4n) is 1.53. The summed E-state index contributed by atoms with van der Waals surface area (Å²) in [6.07, 6.45) is 0. The Balaban J connectivity index is 2.41. The minimum absolute atomic E-state index is 0.251. The summed E-state index contributed by atoms with van der Waals surface area (Å²) in [4.78, 5) is 10.5. The van der Waals surface area contributed by atoms with Gasteiger partial charge in [-0.3, -0.25) is 0 Å². The number of aryl methyl sites for hydroxylation is 1. The first-order chi connectivity index (χ1) is 8.59. The number of nitrogen functional groups attached to an aromatic ring is 1. The number of aliphatic carboxylic acids is 1. The van der Waals surface area contributed by atoms with E-state index in [4.69, 9.17) is 15.6 Å². The standard InChI is InChI=1S/C12H13N3O3/c1-8-11(13)12(18-7-10(16)17)15(14-8)9-5-3-2-4-6-9/h2-6H,7,13H2,1H3,(H,16,17). The molecule has 0 atom stereocenters. The van der Waals surface area contributed by atoms with Crippen LogP contribution in [0.2, 0.25) is 0 Å².